The van der Waals surface area contributed by atoms with Crippen LogP contribution in [0.5, 0.6) is 5.75 Å². The molecule has 0 fully saturated rings. The summed E-state index contributed by atoms with van der Waals surface area (Å²) in [6.45, 7) is 2.74. The quantitative estimate of drug-likeness (QED) is 0.0448. The van der Waals surface area contributed by atoms with Crippen LogP contribution in [0.3, 0.4) is 0 Å². The average Bonchev–Trinajstić information content (AvgIpc) is 3.52. The highest BCUT2D eigenvalue weighted by Gasteiger charge is 2.54. The van der Waals surface area contributed by atoms with Crippen molar-refractivity contribution in [2.24, 2.45) is 10.1 Å². The summed E-state index contributed by atoms with van der Waals surface area (Å²) in [6.07, 6.45) is -0.311. The van der Waals surface area contributed by atoms with Crippen LogP contribution < -0.4 is 15.6 Å². The van der Waals surface area contributed by atoms with Crippen molar-refractivity contribution in [2.75, 3.05) is 25.5 Å². The lowest BCUT2D eigenvalue weighted by Gasteiger charge is -2.31. The van der Waals surface area contributed by atoms with Crippen molar-refractivity contribution in [1.29, 1.82) is 0 Å². The Morgan fingerprint density at radius 2 is 1.73 bits per heavy atom. The molecule has 254 valence electrons. The maximum atomic E-state index is 14.4. The summed E-state index contributed by atoms with van der Waals surface area (Å²) in [5.74, 6) is -0.364. The van der Waals surface area contributed by atoms with Crippen LogP contribution in [0.4, 0.5) is 5.69 Å². The predicted molar refractivity (Wildman–Crippen MR) is 186 cm³/mol. The Morgan fingerprint density at radius 1 is 1.02 bits per heavy atom. The maximum Gasteiger partial charge on any atom is 0.266 e. The molecule has 0 unspecified atom stereocenters. The van der Waals surface area contributed by atoms with E-state index in [0.717, 1.165) is 11.1 Å². The zero-order valence-electron chi connectivity index (χ0n) is 27.0. The van der Waals surface area contributed by atoms with E-state index in [1.807, 2.05) is 31.2 Å². The highest BCUT2D eigenvalue weighted by Crippen LogP contribution is 2.45. The lowest BCUT2D eigenvalue weighted by atomic mass is 9.84. The number of rotatable bonds is 16. The van der Waals surface area contributed by atoms with Gasteiger partial charge in [-0.25, -0.2) is 18.8 Å². The van der Waals surface area contributed by atoms with Gasteiger partial charge in [-0.15, -0.1) is 0 Å². The van der Waals surface area contributed by atoms with E-state index in [4.69, 9.17) is 19.6 Å². The van der Waals surface area contributed by atoms with E-state index in [1.54, 1.807) is 66.7 Å². The van der Waals surface area contributed by atoms with Crippen molar-refractivity contribution in [3.05, 3.63) is 136 Å². The fourth-order valence-electron chi connectivity index (χ4n) is 5.44. The smallest absolute Gasteiger partial charge is 0.266 e. The van der Waals surface area contributed by atoms with Gasteiger partial charge in [0.2, 0.25) is 5.90 Å². The molecule has 4 aromatic rings. The third-order valence-electron chi connectivity index (χ3n) is 8.12. The summed E-state index contributed by atoms with van der Waals surface area (Å²) in [6, 6.07) is 29.6. The number of carbonyl (C=O) groups excluding carboxylic acids is 1. The van der Waals surface area contributed by atoms with Crippen LogP contribution >= 0.6 is 0 Å². The molecule has 4 aromatic carbocycles. The van der Waals surface area contributed by atoms with E-state index >= 15 is 0 Å². The molecule has 1 amide bonds. The molecule has 0 aromatic heterocycles. The third kappa shape index (κ3) is 8.64. The predicted octanol–water partition coefficient (Wildman–Crippen LogP) is 5.68. The molecule has 0 aliphatic carbocycles. The summed E-state index contributed by atoms with van der Waals surface area (Å²) in [5, 5.41) is 12.9. The van der Waals surface area contributed by atoms with Crippen molar-refractivity contribution in [3.63, 3.8) is 0 Å². The third-order valence-corrected chi connectivity index (χ3v) is 9.85. The van der Waals surface area contributed by atoms with E-state index in [9.17, 15) is 18.7 Å². The summed E-state index contributed by atoms with van der Waals surface area (Å²) in [4.78, 5) is 22.4. The molecule has 0 bridgehead atoms. The molecular weight excluding hydrogens is 644 g/mol. The number of aryl methyl sites for hydroxylation is 1. The van der Waals surface area contributed by atoms with Crippen LogP contribution in [-0.4, -0.2) is 56.4 Å². The van der Waals surface area contributed by atoms with Crippen molar-refractivity contribution in [3.8, 4) is 5.75 Å². The van der Waals surface area contributed by atoms with Crippen LogP contribution in [0.2, 0.25) is 0 Å². The Kier molecular flexibility index (Phi) is 11.7. The molecule has 0 saturated carbocycles. The average molecular weight is 683 g/mol. The largest absolute Gasteiger partial charge is 0.494 e. The number of nitrogens with zero attached hydrogens (tertiary/aromatic N) is 4. The number of azide groups is 1. The van der Waals surface area contributed by atoms with E-state index in [2.05, 4.69) is 20.9 Å². The van der Waals surface area contributed by atoms with Gasteiger partial charge in [0.25, 0.3) is 5.91 Å². The summed E-state index contributed by atoms with van der Waals surface area (Å²) < 4.78 is 39.3. The molecule has 1 aliphatic rings. The van der Waals surface area contributed by atoms with Gasteiger partial charge in [-0.2, -0.15) is 0 Å². The number of sulfone groups is 1. The van der Waals surface area contributed by atoms with Gasteiger partial charge in [0.15, 0.2) is 21.5 Å². The van der Waals surface area contributed by atoms with Gasteiger partial charge in [0, 0.05) is 47.7 Å². The monoisotopic (exact) mass is 682 g/mol. The highest BCUT2D eigenvalue weighted by molar-refractivity contribution is 7.91. The molecular formula is C36H38N6O6S. The molecule has 0 spiro atoms. The molecule has 5 rings (SSSR count). The van der Waals surface area contributed by atoms with E-state index in [0.29, 0.717) is 42.9 Å². The zero-order valence-corrected chi connectivity index (χ0v) is 27.8. The Balaban J connectivity index is 1.52. The van der Waals surface area contributed by atoms with Crippen LogP contribution in [0, 0.1) is 6.92 Å². The van der Waals surface area contributed by atoms with Gasteiger partial charge < -0.3 is 14.6 Å². The van der Waals surface area contributed by atoms with Gasteiger partial charge in [-0.1, -0.05) is 77.4 Å². The first-order valence-electron chi connectivity index (χ1n) is 15.9. The first kappa shape index (κ1) is 35.1. The topological polar surface area (TPSA) is 175 Å². The van der Waals surface area contributed by atoms with Gasteiger partial charge in [-0.3, -0.25) is 10.2 Å². The molecule has 13 heteroatoms. The number of benzene rings is 4. The van der Waals surface area contributed by atoms with E-state index < -0.39 is 33.1 Å². The standard InChI is InChI=1S/C36H38N6O6S/c1-26-12-14-27(15-13-26)20-22-38-41-35(44)36(21-25-49(45,46)30-8-3-2-4-9-30)33(31-10-5-6-11-32(31)40-42-37)48-34(39-36)28-16-18-29(19-17-28)47-24-7-23-43/h2-6,8-19,33,38,43H,7,20-25H2,1H3,(H,41,44)/t33-,36-/m0/s1. The van der Waals surface area contributed by atoms with Crippen LogP contribution in [0.25, 0.3) is 10.4 Å². The minimum absolute atomic E-state index is 0.00634. The number of nitrogens with one attached hydrogen (secondary N) is 2. The normalized spacial score (nSPS) is 17.0. The first-order chi connectivity index (χ1) is 23.8. The SMILES string of the molecule is Cc1ccc(CCNNC(=O)[C@@]2(CCS(=O)(=O)c3ccccc3)N=C(c3ccc(OCCCO)cc3)O[C@H]2c2ccccc2N=[N+]=[N-])cc1. The number of amides is 1. The van der Waals surface area contributed by atoms with Gasteiger partial charge >= 0.3 is 0 Å². The second-order valence-corrected chi connectivity index (χ2v) is 13.6. The zero-order chi connectivity index (χ0) is 34.7. The number of ether oxygens (including phenoxy) is 2. The minimum atomic E-state index is -3.85. The van der Waals surface area contributed by atoms with Crippen molar-refractivity contribution >= 4 is 27.3 Å². The van der Waals surface area contributed by atoms with Crippen LogP contribution in [-0.2, 0) is 25.8 Å². The lowest BCUT2D eigenvalue weighted by molar-refractivity contribution is -0.130. The Morgan fingerprint density at radius 3 is 2.45 bits per heavy atom. The van der Waals surface area contributed by atoms with Gasteiger partial charge in [0.05, 0.1) is 17.3 Å². The Bertz CT molecular complexity index is 1910. The van der Waals surface area contributed by atoms with Crippen molar-refractivity contribution in [1.82, 2.24) is 10.9 Å². The maximum absolute atomic E-state index is 14.4. The van der Waals surface area contributed by atoms with Gasteiger partial charge in [-0.05, 0) is 60.8 Å². The lowest BCUT2D eigenvalue weighted by Crippen LogP contribution is -2.53. The number of hydrazine groups is 1. The van der Waals surface area contributed by atoms with Crippen molar-refractivity contribution in [2.45, 2.75) is 42.7 Å². The molecule has 1 aliphatic heterocycles. The van der Waals surface area contributed by atoms with Gasteiger partial charge in [0.1, 0.15) is 5.75 Å². The minimum Gasteiger partial charge on any atom is -0.494 e. The fourth-order valence-corrected chi connectivity index (χ4v) is 6.83. The number of hydrogen-bond acceptors (Lipinski definition) is 9. The van der Waals surface area contributed by atoms with Crippen LogP contribution in [0.15, 0.2) is 118 Å². The second-order valence-electron chi connectivity index (χ2n) is 11.5. The molecule has 49 heavy (non-hydrogen) atoms. The molecule has 3 N–H and O–H groups in total. The fraction of sp³-hybridized carbons (Fsp3) is 0.278. The summed E-state index contributed by atoms with van der Waals surface area (Å²) in [7, 11) is -3.85. The number of aliphatic imine (C=N–C) groups is 1. The molecule has 12 nitrogen and oxygen atoms in total. The summed E-state index contributed by atoms with van der Waals surface area (Å²) >= 11 is 0. The number of aliphatic hydroxyl groups excluding tert-OH is 1. The van der Waals surface area contributed by atoms with E-state index in [-0.39, 0.29) is 29.5 Å². The molecule has 1 heterocycles. The number of aliphatic hydroxyl groups is 1. The number of hydrogen-bond donors (Lipinski definition) is 3. The first-order valence-corrected chi connectivity index (χ1v) is 17.5. The van der Waals surface area contributed by atoms with Crippen molar-refractivity contribution < 1.29 is 27.8 Å². The molecule has 0 radical (unpaired) electrons. The van der Waals surface area contributed by atoms with E-state index in [1.165, 1.54) is 12.1 Å². The highest BCUT2D eigenvalue weighted by atomic mass is 32.2. The van der Waals surface area contributed by atoms with Crippen LogP contribution in [0.1, 0.15) is 41.2 Å². The molecule has 0 saturated heterocycles. The summed E-state index contributed by atoms with van der Waals surface area (Å²) in [5.41, 5.74) is 16.6. The Hall–Kier alpha value is -5.20. The Labute approximate surface area is 285 Å². The number of carbonyl (C=O) groups is 1. The second kappa shape index (κ2) is 16.3. The molecule has 2 atom stereocenters.